The van der Waals surface area contributed by atoms with Crippen molar-refractivity contribution in [3.8, 4) is 0 Å². The number of carbonyl (C=O) groups is 1. The summed E-state index contributed by atoms with van der Waals surface area (Å²) in [6.45, 7) is 3.43. The molecule has 0 bridgehead atoms. The molecule has 2 aromatic heterocycles. The van der Waals surface area contributed by atoms with Crippen LogP contribution in [0.5, 0.6) is 0 Å². The first-order valence-corrected chi connectivity index (χ1v) is 10.1. The highest BCUT2D eigenvalue weighted by atomic mass is 16.1. The lowest BCUT2D eigenvalue weighted by Gasteiger charge is -2.35. The van der Waals surface area contributed by atoms with Crippen molar-refractivity contribution in [2.45, 2.75) is 18.8 Å². The number of rotatable bonds is 3. The Morgan fingerprint density at radius 3 is 2.34 bits per heavy atom. The monoisotopic (exact) mass is 385 g/mol. The molecule has 3 aromatic rings. The van der Waals surface area contributed by atoms with E-state index >= 15 is 0 Å². The Balaban J connectivity index is 1.33. The summed E-state index contributed by atoms with van der Waals surface area (Å²) in [6.07, 6.45) is 4.87. The highest BCUT2D eigenvalue weighted by molar-refractivity contribution is 5.98. The van der Waals surface area contributed by atoms with E-state index in [0.29, 0.717) is 12.0 Å². The van der Waals surface area contributed by atoms with Gasteiger partial charge in [0.25, 0.3) is 0 Å². The summed E-state index contributed by atoms with van der Waals surface area (Å²) >= 11 is 0. The van der Waals surface area contributed by atoms with Gasteiger partial charge in [0.1, 0.15) is 5.82 Å². The topological polar surface area (TPSA) is 62.2 Å². The van der Waals surface area contributed by atoms with Gasteiger partial charge in [0.15, 0.2) is 5.78 Å². The van der Waals surface area contributed by atoms with Crippen LogP contribution >= 0.6 is 0 Å². The number of aromatic nitrogens is 3. The molecule has 0 N–H and O–H groups in total. The van der Waals surface area contributed by atoms with Crippen molar-refractivity contribution in [2.75, 3.05) is 36.0 Å². The molecule has 0 unspecified atom stereocenters. The molecule has 0 radical (unpaired) electrons. The predicted octanol–water partition coefficient (Wildman–Crippen LogP) is 3.11. The van der Waals surface area contributed by atoms with Gasteiger partial charge in [-0.15, -0.1) is 0 Å². The zero-order valence-corrected chi connectivity index (χ0v) is 16.2. The molecular weight excluding hydrogens is 362 g/mol. The van der Waals surface area contributed by atoms with Crippen LogP contribution in [0.25, 0.3) is 0 Å². The molecule has 1 fully saturated rings. The van der Waals surface area contributed by atoms with Crippen molar-refractivity contribution >= 4 is 17.5 Å². The van der Waals surface area contributed by atoms with Crippen LogP contribution in [0, 0.1) is 0 Å². The molecule has 2 aliphatic rings. The molecule has 0 spiro atoms. The number of ketones is 1. The molecule has 1 aliphatic heterocycles. The Hall–Kier alpha value is -3.28. The Kier molecular flexibility index (Phi) is 4.68. The van der Waals surface area contributed by atoms with Crippen LogP contribution in [-0.2, 0) is 6.42 Å². The number of Topliss-reactive ketones (excluding diaryl/α,β-unsaturated/α-hetero) is 1. The van der Waals surface area contributed by atoms with E-state index < -0.39 is 0 Å². The Labute approximate surface area is 170 Å². The molecular formula is C23H23N5O. The van der Waals surface area contributed by atoms with E-state index in [1.807, 2.05) is 42.6 Å². The Bertz CT molecular complexity index is 1000. The van der Waals surface area contributed by atoms with Crippen LogP contribution in [0.15, 0.2) is 60.9 Å². The number of piperazine rings is 1. The Morgan fingerprint density at radius 2 is 1.59 bits per heavy atom. The standard InChI is InChI=1S/C23H23N5O/c29-21-15-18(17-6-2-1-3-7-17)14-20-19(21)16-25-23(26-20)28-12-10-27(11-13-28)22-8-4-5-9-24-22/h1-9,16,18H,10-15H2/t18-/m1/s1. The molecule has 5 rings (SSSR count). The van der Waals surface area contributed by atoms with Gasteiger partial charge in [-0.05, 0) is 30.0 Å². The summed E-state index contributed by atoms with van der Waals surface area (Å²) in [5, 5.41) is 0. The van der Waals surface area contributed by atoms with Crippen LogP contribution < -0.4 is 9.80 Å². The molecule has 29 heavy (non-hydrogen) atoms. The lowest BCUT2D eigenvalue weighted by atomic mass is 9.82. The summed E-state index contributed by atoms with van der Waals surface area (Å²) in [6, 6.07) is 16.3. The number of carbonyl (C=O) groups excluding carboxylic acids is 1. The van der Waals surface area contributed by atoms with E-state index in [-0.39, 0.29) is 11.7 Å². The summed E-state index contributed by atoms with van der Waals surface area (Å²) in [5.41, 5.74) is 2.77. The van der Waals surface area contributed by atoms with Crippen molar-refractivity contribution < 1.29 is 4.79 Å². The third-order valence-corrected chi connectivity index (χ3v) is 5.83. The lowest BCUT2D eigenvalue weighted by Crippen LogP contribution is -2.47. The van der Waals surface area contributed by atoms with Crippen molar-refractivity contribution in [1.82, 2.24) is 15.0 Å². The molecule has 3 heterocycles. The Morgan fingerprint density at radius 1 is 0.828 bits per heavy atom. The van der Waals surface area contributed by atoms with Gasteiger partial charge in [-0.3, -0.25) is 4.79 Å². The van der Waals surface area contributed by atoms with Gasteiger partial charge in [-0.1, -0.05) is 36.4 Å². The van der Waals surface area contributed by atoms with Crippen molar-refractivity contribution in [3.05, 3.63) is 77.7 Å². The summed E-state index contributed by atoms with van der Waals surface area (Å²) in [5.74, 6) is 2.08. The summed E-state index contributed by atoms with van der Waals surface area (Å²) in [4.78, 5) is 30.9. The molecule has 6 heteroatoms. The van der Waals surface area contributed by atoms with Crippen LogP contribution in [0.1, 0.15) is 34.0 Å². The van der Waals surface area contributed by atoms with Gasteiger partial charge in [0.2, 0.25) is 5.95 Å². The van der Waals surface area contributed by atoms with E-state index in [9.17, 15) is 4.79 Å². The first-order valence-electron chi connectivity index (χ1n) is 10.1. The molecule has 6 nitrogen and oxygen atoms in total. The number of nitrogens with zero attached hydrogens (tertiary/aromatic N) is 5. The van der Waals surface area contributed by atoms with Crippen molar-refractivity contribution in [2.24, 2.45) is 0 Å². The van der Waals surface area contributed by atoms with E-state index in [2.05, 4.69) is 31.9 Å². The van der Waals surface area contributed by atoms with Crippen LogP contribution in [0.3, 0.4) is 0 Å². The van der Waals surface area contributed by atoms with E-state index in [0.717, 1.165) is 50.1 Å². The average molecular weight is 385 g/mol. The van der Waals surface area contributed by atoms with Gasteiger partial charge in [-0.2, -0.15) is 0 Å². The van der Waals surface area contributed by atoms with Gasteiger partial charge in [0.05, 0.1) is 11.3 Å². The van der Waals surface area contributed by atoms with Gasteiger partial charge < -0.3 is 9.80 Å². The quantitative estimate of drug-likeness (QED) is 0.690. The minimum Gasteiger partial charge on any atom is -0.353 e. The average Bonchev–Trinajstić information content (AvgIpc) is 2.80. The number of hydrogen-bond donors (Lipinski definition) is 0. The SMILES string of the molecule is O=C1C[C@H](c2ccccc2)Cc2nc(N3CCN(c4ccccn4)CC3)ncc21. The highest BCUT2D eigenvalue weighted by Gasteiger charge is 2.29. The minimum atomic E-state index is 0.145. The molecule has 1 atom stereocenters. The largest absolute Gasteiger partial charge is 0.353 e. The molecule has 1 aliphatic carbocycles. The van der Waals surface area contributed by atoms with Crippen LogP contribution in [0.2, 0.25) is 0 Å². The number of anilines is 2. The lowest BCUT2D eigenvalue weighted by molar-refractivity contribution is 0.0962. The third-order valence-electron chi connectivity index (χ3n) is 5.83. The second kappa shape index (κ2) is 7.62. The summed E-state index contributed by atoms with van der Waals surface area (Å²) < 4.78 is 0. The van der Waals surface area contributed by atoms with Crippen LogP contribution in [0.4, 0.5) is 11.8 Å². The van der Waals surface area contributed by atoms with E-state index in [4.69, 9.17) is 4.98 Å². The second-order valence-corrected chi connectivity index (χ2v) is 7.63. The third kappa shape index (κ3) is 3.58. The predicted molar refractivity (Wildman–Crippen MR) is 113 cm³/mol. The molecule has 1 saturated heterocycles. The molecule has 1 aromatic carbocycles. The maximum absolute atomic E-state index is 12.6. The van der Waals surface area contributed by atoms with Gasteiger partial charge in [0, 0.05) is 45.0 Å². The maximum Gasteiger partial charge on any atom is 0.225 e. The minimum absolute atomic E-state index is 0.145. The fraction of sp³-hybridized carbons (Fsp3) is 0.304. The van der Waals surface area contributed by atoms with Gasteiger partial charge in [-0.25, -0.2) is 15.0 Å². The summed E-state index contributed by atoms with van der Waals surface area (Å²) in [7, 11) is 0. The van der Waals surface area contributed by atoms with Crippen LogP contribution in [-0.4, -0.2) is 46.9 Å². The first kappa shape index (κ1) is 17.8. The smallest absolute Gasteiger partial charge is 0.225 e. The highest BCUT2D eigenvalue weighted by Crippen LogP contribution is 2.32. The second-order valence-electron chi connectivity index (χ2n) is 7.63. The van der Waals surface area contributed by atoms with Gasteiger partial charge >= 0.3 is 0 Å². The van der Waals surface area contributed by atoms with E-state index in [1.54, 1.807) is 6.20 Å². The number of benzene rings is 1. The number of fused-ring (bicyclic) bond motifs is 1. The van der Waals surface area contributed by atoms with Crippen molar-refractivity contribution in [3.63, 3.8) is 0 Å². The zero-order chi connectivity index (χ0) is 19.6. The fourth-order valence-electron chi connectivity index (χ4n) is 4.22. The first-order chi connectivity index (χ1) is 14.3. The van der Waals surface area contributed by atoms with Crippen molar-refractivity contribution in [1.29, 1.82) is 0 Å². The van der Waals surface area contributed by atoms with E-state index in [1.165, 1.54) is 5.56 Å². The maximum atomic E-state index is 12.6. The normalized spacial score (nSPS) is 19.2. The number of hydrogen-bond acceptors (Lipinski definition) is 6. The molecule has 0 saturated carbocycles. The zero-order valence-electron chi connectivity index (χ0n) is 16.2. The molecule has 0 amide bonds. The molecule has 146 valence electrons. The number of pyridine rings is 1. The fourth-order valence-corrected chi connectivity index (χ4v) is 4.22.